The van der Waals surface area contributed by atoms with Crippen molar-refractivity contribution >= 4 is 29.4 Å². The predicted molar refractivity (Wildman–Crippen MR) is 101 cm³/mol. The minimum atomic E-state index is -0.820. The van der Waals surface area contributed by atoms with Crippen molar-refractivity contribution in [1.82, 2.24) is 15.5 Å². The largest absolute Gasteiger partial charge is 0.356 e. The van der Waals surface area contributed by atoms with E-state index < -0.39 is 18.0 Å². The fourth-order valence-corrected chi connectivity index (χ4v) is 4.49. The Kier molecular flexibility index (Phi) is 4.91. The topological polar surface area (TPSA) is 78.5 Å². The fraction of sp³-hybridized carbons (Fsp3) is 0.450. The number of halogens is 1. The van der Waals surface area contributed by atoms with Crippen LogP contribution in [-0.2, 0) is 16.1 Å². The lowest BCUT2D eigenvalue weighted by molar-refractivity contribution is -0.131. The summed E-state index contributed by atoms with van der Waals surface area (Å²) in [6.07, 6.45) is 6.78. The van der Waals surface area contributed by atoms with Gasteiger partial charge in [-0.1, -0.05) is 42.0 Å². The molecular formula is C20H22ClN3O3. The average Bonchev–Trinajstić information content (AvgIpc) is 3.33. The van der Waals surface area contributed by atoms with Crippen molar-refractivity contribution in [1.29, 1.82) is 0 Å². The Hall–Kier alpha value is -2.34. The molecule has 0 radical (unpaired) electrons. The molecular weight excluding hydrogens is 366 g/mol. The number of carbonyl (C=O) groups excluding carboxylic acids is 3. The van der Waals surface area contributed by atoms with Gasteiger partial charge in [0.1, 0.15) is 6.04 Å². The van der Waals surface area contributed by atoms with Crippen LogP contribution in [0.15, 0.2) is 36.4 Å². The number of urea groups is 1. The third kappa shape index (κ3) is 3.72. The molecule has 3 aliphatic rings. The van der Waals surface area contributed by atoms with Crippen LogP contribution in [0.5, 0.6) is 0 Å². The number of imide groups is 1. The third-order valence-electron chi connectivity index (χ3n) is 5.76. The summed E-state index contributed by atoms with van der Waals surface area (Å²) in [7, 11) is 0. The monoisotopic (exact) mass is 387 g/mol. The number of fused-ring (bicyclic) bond motifs is 2. The maximum Gasteiger partial charge on any atom is 0.325 e. The molecule has 0 unspecified atom stereocenters. The van der Waals surface area contributed by atoms with E-state index in [0.29, 0.717) is 34.9 Å². The van der Waals surface area contributed by atoms with Crippen LogP contribution >= 0.6 is 11.6 Å². The molecule has 2 N–H and O–H groups in total. The maximum absolute atomic E-state index is 12.5. The van der Waals surface area contributed by atoms with Crippen molar-refractivity contribution in [2.24, 2.45) is 17.8 Å². The number of benzene rings is 1. The van der Waals surface area contributed by atoms with E-state index in [2.05, 4.69) is 22.8 Å². The number of allylic oxidation sites excluding steroid dienone is 2. The van der Waals surface area contributed by atoms with E-state index in [-0.39, 0.29) is 18.9 Å². The van der Waals surface area contributed by atoms with E-state index >= 15 is 0 Å². The van der Waals surface area contributed by atoms with Crippen LogP contribution in [0, 0.1) is 17.8 Å². The highest BCUT2D eigenvalue weighted by Crippen LogP contribution is 2.42. The standard InChI is InChI=1S/C20H22ClN3O3/c21-16-4-2-1-3-14(16)11-24-19(26)17(23-20(24)27)9-18(25)22-10-15-8-12-5-6-13(15)7-12/h1-6,12-13,15,17H,7-11H2,(H,22,25)(H,23,27)/t12-,13-,15-,17-/m0/s1. The van der Waals surface area contributed by atoms with Crippen molar-refractivity contribution in [3.63, 3.8) is 0 Å². The Morgan fingerprint density at radius 2 is 2.04 bits per heavy atom. The number of carbonyl (C=O) groups is 3. The predicted octanol–water partition coefficient (Wildman–Crippen LogP) is 2.48. The van der Waals surface area contributed by atoms with E-state index in [4.69, 9.17) is 11.6 Å². The number of hydrogen-bond donors (Lipinski definition) is 2. The highest BCUT2D eigenvalue weighted by atomic mass is 35.5. The van der Waals surface area contributed by atoms with Crippen LogP contribution < -0.4 is 10.6 Å². The van der Waals surface area contributed by atoms with Crippen LogP contribution in [0.25, 0.3) is 0 Å². The van der Waals surface area contributed by atoms with Gasteiger partial charge in [0, 0.05) is 11.6 Å². The summed E-state index contributed by atoms with van der Waals surface area (Å²) < 4.78 is 0. The van der Waals surface area contributed by atoms with E-state index in [1.165, 1.54) is 6.42 Å². The number of hydrogen-bond acceptors (Lipinski definition) is 3. The quantitative estimate of drug-likeness (QED) is 0.581. The molecule has 142 valence electrons. The molecule has 0 aromatic heterocycles. The summed E-state index contributed by atoms with van der Waals surface area (Å²) >= 11 is 6.11. The van der Waals surface area contributed by atoms with Gasteiger partial charge in [-0.2, -0.15) is 0 Å². The molecule has 27 heavy (non-hydrogen) atoms. The third-order valence-corrected chi connectivity index (χ3v) is 6.13. The second-order valence-electron chi connectivity index (χ2n) is 7.57. The Balaban J connectivity index is 1.30. The Morgan fingerprint density at radius 3 is 2.74 bits per heavy atom. The lowest BCUT2D eigenvalue weighted by atomic mass is 9.93. The van der Waals surface area contributed by atoms with Crippen molar-refractivity contribution in [3.8, 4) is 0 Å². The van der Waals surface area contributed by atoms with Gasteiger partial charge in [0.05, 0.1) is 13.0 Å². The molecule has 6 nitrogen and oxygen atoms in total. The maximum atomic E-state index is 12.5. The Bertz CT molecular complexity index is 809. The van der Waals surface area contributed by atoms with Gasteiger partial charge in [-0.3, -0.25) is 14.5 Å². The second-order valence-corrected chi connectivity index (χ2v) is 7.97. The van der Waals surface area contributed by atoms with E-state index in [0.717, 1.165) is 11.3 Å². The zero-order chi connectivity index (χ0) is 19.0. The Labute approximate surface area is 162 Å². The average molecular weight is 388 g/mol. The molecule has 2 aliphatic carbocycles. The summed E-state index contributed by atoms with van der Waals surface area (Å²) in [4.78, 5) is 38.1. The normalized spacial score (nSPS) is 28.7. The zero-order valence-corrected chi connectivity index (χ0v) is 15.6. The van der Waals surface area contributed by atoms with E-state index in [1.54, 1.807) is 24.3 Å². The first kappa shape index (κ1) is 18.0. The highest BCUT2D eigenvalue weighted by Gasteiger charge is 2.40. The van der Waals surface area contributed by atoms with Gasteiger partial charge >= 0.3 is 6.03 Å². The molecule has 1 saturated heterocycles. The molecule has 1 aromatic rings. The molecule has 2 fully saturated rings. The zero-order valence-electron chi connectivity index (χ0n) is 14.9. The molecule has 1 aromatic carbocycles. The van der Waals surface area contributed by atoms with Crippen LogP contribution in [-0.4, -0.2) is 35.3 Å². The number of nitrogens with one attached hydrogen (secondary N) is 2. The highest BCUT2D eigenvalue weighted by molar-refractivity contribution is 6.31. The summed E-state index contributed by atoms with van der Waals surface area (Å²) in [5.74, 6) is 1.10. The van der Waals surface area contributed by atoms with Crippen LogP contribution in [0.3, 0.4) is 0 Å². The first-order chi connectivity index (χ1) is 13.0. The van der Waals surface area contributed by atoms with Crippen LogP contribution in [0.4, 0.5) is 4.79 Å². The molecule has 4 amide bonds. The lowest BCUT2D eigenvalue weighted by Gasteiger charge is -2.19. The first-order valence-corrected chi connectivity index (χ1v) is 9.69. The van der Waals surface area contributed by atoms with Crippen molar-refractivity contribution in [2.75, 3.05) is 6.54 Å². The molecule has 1 saturated carbocycles. The van der Waals surface area contributed by atoms with Crippen molar-refractivity contribution in [2.45, 2.75) is 31.8 Å². The van der Waals surface area contributed by atoms with E-state index in [9.17, 15) is 14.4 Å². The van der Waals surface area contributed by atoms with Crippen molar-refractivity contribution < 1.29 is 14.4 Å². The lowest BCUT2D eigenvalue weighted by Crippen LogP contribution is -2.38. The van der Waals surface area contributed by atoms with Gasteiger partial charge in [-0.05, 0) is 42.2 Å². The van der Waals surface area contributed by atoms with Gasteiger partial charge in [0.2, 0.25) is 5.91 Å². The van der Waals surface area contributed by atoms with Gasteiger partial charge < -0.3 is 10.6 Å². The number of nitrogens with zero attached hydrogens (tertiary/aromatic N) is 1. The number of rotatable bonds is 6. The molecule has 4 atom stereocenters. The summed E-state index contributed by atoms with van der Waals surface area (Å²) in [5, 5.41) is 6.03. The SMILES string of the molecule is O=C(C[C@@H]1NC(=O)N(Cc2ccccc2Cl)C1=O)NC[C@@H]1C[C@H]2C=C[C@H]1C2. The molecule has 7 heteroatoms. The van der Waals surface area contributed by atoms with Gasteiger partial charge in [-0.25, -0.2) is 4.79 Å². The molecule has 2 bridgehead atoms. The minimum Gasteiger partial charge on any atom is -0.356 e. The molecule has 1 aliphatic heterocycles. The van der Waals surface area contributed by atoms with Crippen molar-refractivity contribution in [3.05, 3.63) is 47.0 Å². The fourth-order valence-electron chi connectivity index (χ4n) is 4.29. The smallest absolute Gasteiger partial charge is 0.325 e. The van der Waals surface area contributed by atoms with Gasteiger partial charge in [-0.15, -0.1) is 0 Å². The summed E-state index contributed by atoms with van der Waals surface area (Å²) in [6.45, 7) is 0.725. The van der Waals surface area contributed by atoms with E-state index in [1.807, 2.05) is 0 Å². The summed E-state index contributed by atoms with van der Waals surface area (Å²) in [6, 6.07) is 5.76. The molecule has 0 spiro atoms. The van der Waals surface area contributed by atoms with Gasteiger partial charge in [0.25, 0.3) is 5.91 Å². The molecule has 1 heterocycles. The molecule has 4 rings (SSSR count). The minimum absolute atomic E-state index is 0.0414. The first-order valence-electron chi connectivity index (χ1n) is 9.31. The number of amides is 4. The second kappa shape index (κ2) is 7.35. The van der Waals surface area contributed by atoms with Crippen LogP contribution in [0.2, 0.25) is 5.02 Å². The Morgan fingerprint density at radius 1 is 1.22 bits per heavy atom. The van der Waals surface area contributed by atoms with Crippen LogP contribution in [0.1, 0.15) is 24.8 Å². The van der Waals surface area contributed by atoms with Gasteiger partial charge in [0.15, 0.2) is 0 Å². The summed E-state index contributed by atoms with van der Waals surface area (Å²) in [5.41, 5.74) is 0.692.